The van der Waals surface area contributed by atoms with Gasteiger partial charge in [-0.2, -0.15) is 13.2 Å². The Hall–Kier alpha value is -2.91. The van der Waals surface area contributed by atoms with Crippen LogP contribution < -0.4 is 4.74 Å². The third-order valence-electron chi connectivity index (χ3n) is 5.72. The summed E-state index contributed by atoms with van der Waals surface area (Å²) in [7, 11) is -3.30. The summed E-state index contributed by atoms with van der Waals surface area (Å²) in [5, 5.41) is 0. The lowest BCUT2D eigenvalue weighted by Gasteiger charge is -2.39. The molecule has 0 spiro atoms. The molecule has 4 nitrogen and oxygen atoms in total. The van der Waals surface area contributed by atoms with Crippen LogP contribution in [-0.2, 0) is 22.6 Å². The maximum absolute atomic E-state index is 14.6. The zero-order valence-corrected chi connectivity index (χ0v) is 19.2. The second-order valence-corrected chi connectivity index (χ2v) is 10.5. The molecule has 1 aliphatic heterocycles. The highest BCUT2D eigenvalue weighted by Gasteiger charge is 2.31. The molecule has 1 saturated heterocycles. The second-order valence-electron chi connectivity index (χ2n) is 8.51. The molecular weight excluding hydrogens is 470 g/mol. The molecule has 0 aromatic heterocycles. The molecule has 1 fully saturated rings. The average molecular weight is 494 g/mol. The van der Waals surface area contributed by atoms with Gasteiger partial charge >= 0.3 is 6.18 Å². The van der Waals surface area contributed by atoms with E-state index in [9.17, 15) is 26.0 Å². The van der Waals surface area contributed by atoms with Crippen molar-refractivity contribution < 1.29 is 30.7 Å². The smallest absolute Gasteiger partial charge is 0.416 e. The van der Waals surface area contributed by atoms with Crippen molar-refractivity contribution in [2.75, 3.05) is 26.0 Å². The first-order chi connectivity index (χ1) is 16.0. The number of rotatable bonds is 7. The van der Waals surface area contributed by atoms with Gasteiger partial charge in [0.2, 0.25) is 0 Å². The highest BCUT2D eigenvalue weighted by molar-refractivity contribution is 7.90. The Morgan fingerprint density at radius 3 is 2.26 bits per heavy atom. The molecule has 9 heteroatoms. The van der Waals surface area contributed by atoms with Crippen molar-refractivity contribution in [2.24, 2.45) is 5.92 Å². The molecule has 0 amide bonds. The van der Waals surface area contributed by atoms with Crippen LogP contribution in [0.15, 0.2) is 71.6 Å². The Morgan fingerprint density at radius 2 is 1.65 bits per heavy atom. The first-order valence-corrected chi connectivity index (χ1v) is 12.5. The molecule has 3 aromatic carbocycles. The second kappa shape index (κ2) is 9.38. The quantitative estimate of drug-likeness (QED) is 0.412. The van der Waals surface area contributed by atoms with Crippen molar-refractivity contribution in [3.63, 3.8) is 0 Å². The maximum atomic E-state index is 14.6. The Kier molecular flexibility index (Phi) is 6.69. The molecule has 34 heavy (non-hydrogen) atoms. The fourth-order valence-corrected chi connectivity index (χ4v) is 4.55. The van der Waals surface area contributed by atoms with E-state index >= 15 is 0 Å². The number of sulfone groups is 1. The highest BCUT2D eigenvalue weighted by atomic mass is 32.2. The summed E-state index contributed by atoms with van der Waals surface area (Å²) in [4.78, 5) is 2.21. The first kappa shape index (κ1) is 24.2. The van der Waals surface area contributed by atoms with Crippen molar-refractivity contribution in [2.45, 2.75) is 17.6 Å². The molecule has 0 aliphatic carbocycles. The van der Waals surface area contributed by atoms with Crippen LogP contribution in [0.25, 0.3) is 11.1 Å². The molecule has 0 saturated carbocycles. The first-order valence-electron chi connectivity index (χ1n) is 10.6. The van der Waals surface area contributed by atoms with Gasteiger partial charge in [-0.3, -0.25) is 4.90 Å². The standard InChI is InChI=1S/C25H23F4NO3S/c1-34(31,32)22-8-5-19(6-9-22)20-7-10-24(23(26)12-20)33-16-18-14-30(15-18)13-17-3-2-4-21(11-17)25(27,28)29/h2-12,18H,13-16H2,1H3. The summed E-state index contributed by atoms with van der Waals surface area (Å²) in [6.07, 6.45) is -3.24. The van der Waals surface area contributed by atoms with E-state index < -0.39 is 27.4 Å². The fourth-order valence-electron chi connectivity index (χ4n) is 3.92. The number of hydrogen-bond acceptors (Lipinski definition) is 4. The Labute approximate surface area is 195 Å². The largest absolute Gasteiger partial charge is 0.490 e. The minimum atomic E-state index is -4.36. The number of alkyl halides is 3. The van der Waals surface area contributed by atoms with Gasteiger partial charge in [-0.15, -0.1) is 0 Å². The molecule has 0 radical (unpaired) electrons. The third-order valence-corrected chi connectivity index (χ3v) is 6.84. The summed E-state index contributed by atoms with van der Waals surface area (Å²) in [6, 6.07) is 16.1. The molecule has 0 atom stereocenters. The number of halogens is 4. The van der Waals surface area contributed by atoms with Crippen LogP contribution in [0.2, 0.25) is 0 Å². The van der Waals surface area contributed by atoms with Crippen molar-refractivity contribution in [1.29, 1.82) is 0 Å². The molecule has 0 unspecified atom stereocenters. The lowest BCUT2D eigenvalue weighted by Crippen LogP contribution is -2.48. The lowest BCUT2D eigenvalue weighted by molar-refractivity contribution is -0.137. The van der Waals surface area contributed by atoms with Gasteiger partial charge in [-0.25, -0.2) is 12.8 Å². The van der Waals surface area contributed by atoms with Crippen molar-refractivity contribution in [3.8, 4) is 16.9 Å². The Balaban J connectivity index is 1.29. The van der Waals surface area contributed by atoms with Gasteiger partial charge in [0.05, 0.1) is 17.1 Å². The number of benzene rings is 3. The topological polar surface area (TPSA) is 46.6 Å². The maximum Gasteiger partial charge on any atom is 0.416 e. The summed E-state index contributed by atoms with van der Waals surface area (Å²) in [5.74, 6) is -0.244. The molecular formula is C25H23F4NO3S. The van der Waals surface area contributed by atoms with Gasteiger partial charge < -0.3 is 4.74 Å². The number of ether oxygens (including phenoxy) is 1. The summed E-state index contributed by atoms with van der Waals surface area (Å²) in [6.45, 7) is 2.03. The van der Waals surface area contributed by atoms with Gasteiger partial charge in [0.15, 0.2) is 21.4 Å². The number of hydrogen-bond donors (Lipinski definition) is 0. The van der Waals surface area contributed by atoms with Gasteiger partial charge in [0, 0.05) is 31.8 Å². The summed E-state index contributed by atoms with van der Waals surface area (Å²) in [5.41, 5.74) is 1.22. The van der Waals surface area contributed by atoms with Crippen LogP contribution in [0.1, 0.15) is 11.1 Å². The zero-order chi connectivity index (χ0) is 24.5. The van der Waals surface area contributed by atoms with E-state index in [0.717, 1.165) is 18.4 Å². The molecule has 4 rings (SSSR count). The van der Waals surface area contributed by atoms with Crippen LogP contribution in [-0.4, -0.2) is 39.3 Å². The monoisotopic (exact) mass is 493 g/mol. The fraction of sp³-hybridized carbons (Fsp3) is 0.280. The number of likely N-dealkylation sites (tertiary alicyclic amines) is 1. The predicted molar refractivity (Wildman–Crippen MR) is 121 cm³/mol. The van der Waals surface area contributed by atoms with Crippen molar-refractivity contribution in [3.05, 3.63) is 83.7 Å². The van der Waals surface area contributed by atoms with Crippen molar-refractivity contribution in [1.82, 2.24) is 4.90 Å². The molecule has 1 aliphatic rings. The zero-order valence-electron chi connectivity index (χ0n) is 18.3. The average Bonchev–Trinajstić information content (AvgIpc) is 2.75. The SMILES string of the molecule is CS(=O)(=O)c1ccc(-c2ccc(OCC3CN(Cc4cccc(C(F)(F)F)c4)C3)c(F)c2)cc1. The van der Waals surface area contributed by atoms with Crippen LogP contribution in [0.4, 0.5) is 17.6 Å². The van der Waals surface area contributed by atoms with E-state index in [0.29, 0.717) is 42.9 Å². The van der Waals surface area contributed by atoms with Gasteiger partial charge in [-0.05, 0) is 47.0 Å². The van der Waals surface area contributed by atoms with Crippen LogP contribution in [0, 0.1) is 11.7 Å². The highest BCUT2D eigenvalue weighted by Crippen LogP contribution is 2.31. The minimum absolute atomic E-state index is 0.118. The van der Waals surface area contributed by atoms with E-state index in [2.05, 4.69) is 0 Å². The minimum Gasteiger partial charge on any atom is -0.490 e. The summed E-state index contributed by atoms with van der Waals surface area (Å²) < 4.78 is 81.9. The Morgan fingerprint density at radius 1 is 0.971 bits per heavy atom. The molecule has 0 N–H and O–H groups in total. The lowest BCUT2D eigenvalue weighted by atomic mass is 9.99. The third kappa shape index (κ3) is 5.77. The van der Waals surface area contributed by atoms with Crippen LogP contribution in [0.3, 0.4) is 0 Å². The van der Waals surface area contributed by atoms with E-state index in [1.54, 1.807) is 24.3 Å². The van der Waals surface area contributed by atoms with E-state index in [1.807, 2.05) is 4.90 Å². The molecule has 180 valence electrons. The van der Waals surface area contributed by atoms with Gasteiger partial charge in [0.25, 0.3) is 0 Å². The summed E-state index contributed by atoms with van der Waals surface area (Å²) >= 11 is 0. The number of nitrogens with zero attached hydrogens (tertiary/aromatic N) is 1. The van der Waals surface area contributed by atoms with Crippen LogP contribution in [0.5, 0.6) is 5.75 Å². The molecule has 1 heterocycles. The van der Waals surface area contributed by atoms with E-state index in [1.165, 1.54) is 30.3 Å². The van der Waals surface area contributed by atoms with Crippen molar-refractivity contribution >= 4 is 9.84 Å². The normalized spacial score (nSPS) is 15.2. The van der Waals surface area contributed by atoms with Gasteiger partial charge in [0.1, 0.15) is 0 Å². The molecule has 3 aromatic rings. The molecule has 0 bridgehead atoms. The van der Waals surface area contributed by atoms with E-state index in [4.69, 9.17) is 4.74 Å². The van der Waals surface area contributed by atoms with Gasteiger partial charge in [-0.1, -0.05) is 36.4 Å². The van der Waals surface area contributed by atoms with Crippen LogP contribution >= 0.6 is 0 Å². The van der Waals surface area contributed by atoms with E-state index in [-0.39, 0.29) is 16.6 Å². The predicted octanol–water partition coefficient (Wildman–Crippen LogP) is 5.43. The Bertz CT molecular complexity index is 1270.